The standard InChI is InChI=1S/C28H26N4O3S/c1-18-9-11-22(12-10-18)32-25(33)14-24(28(32)35)31(16-21-7-5-4-6-8-21)26(34)17-36-27-23(15-29)19(2)13-20(3)30-27/h4-13,24H,14,16-17H2,1-3H3. The zero-order chi connectivity index (χ0) is 25.8. The molecular weight excluding hydrogens is 472 g/mol. The number of nitriles is 1. The summed E-state index contributed by atoms with van der Waals surface area (Å²) >= 11 is 1.17. The molecule has 1 unspecified atom stereocenters. The van der Waals surface area contributed by atoms with Crippen LogP contribution in [0, 0.1) is 32.1 Å². The fraction of sp³-hybridized carbons (Fsp3) is 0.250. The van der Waals surface area contributed by atoms with Gasteiger partial charge in [-0.1, -0.05) is 59.8 Å². The van der Waals surface area contributed by atoms with Crippen LogP contribution in [-0.2, 0) is 20.9 Å². The molecule has 2 heterocycles. The highest BCUT2D eigenvalue weighted by atomic mass is 32.2. The van der Waals surface area contributed by atoms with Crippen LogP contribution in [0.5, 0.6) is 0 Å². The third kappa shape index (κ3) is 5.31. The zero-order valence-electron chi connectivity index (χ0n) is 20.4. The highest BCUT2D eigenvalue weighted by molar-refractivity contribution is 8.00. The van der Waals surface area contributed by atoms with E-state index in [1.54, 1.807) is 12.1 Å². The third-order valence-corrected chi connectivity index (χ3v) is 7.02. The van der Waals surface area contributed by atoms with Gasteiger partial charge in [-0.2, -0.15) is 5.26 Å². The van der Waals surface area contributed by atoms with Crippen LogP contribution in [0.2, 0.25) is 0 Å². The number of imide groups is 1. The number of anilines is 1. The smallest absolute Gasteiger partial charge is 0.257 e. The van der Waals surface area contributed by atoms with Gasteiger partial charge in [-0.25, -0.2) is 9.88 Å². The molecule has 36 heavy (non-hydrogen) atoms. The van der Waals surface area contributed by atoms with Crippen LogP contribution in [0.3, 0.4) is 0 Å². The molecule has 8 heteroatoms. The van der Waals surface area contributed by atoms with Crippen molar-refractivity contribution in [3.05, 3.63) is 88.6 Å². The van der Waals surface area contributed by atoms with Gasteiger partial charge in [0.05, 0.1) is 23.4 Å². The largest absolute Gasteiger partial charge is 0.325 e. The Kier molecular flexibility index (Phi) is 7.51. The molecule has 1 saturated heterocycles. The normalized spacial score (nSPS) is 15.2. The molecule has 4 rings (SSSR count). The van der Waals surface area contributed by atoms with Crippen molar-refractivity contribution in [1.29, 1.82) is 5.26 Å². The molecule has 7 nitrogen and oxygen atoms in total. The first-order valence-corrected chi connectivity index (χ1v) is 12.5. The molecule has 1 fully saturated rings. The molecule has 2 aromatic carbocycles. The van der Waals surface area contributed by atoms with Crippen molar-refractivity contribution >= 4 is 35.2 Å². The second-order valence-corrected chi connectivity index (χ2v) is 9.76. The summed E-state index contributed by atoms with van der Waals surface area (Å²) in [5.41, 5.74) is 4.36. The second kappa shape index (κ2) is 10.8. The Balaban J connectivity index is 1.60. The number of carbonyl (C=O) groups is 3. The van der Waals surface area contributed by atoms with Crippen molar-refractivity contribution in [1.82, 2.24) is 9.88 Å². The van der Waals surface area contributed by atoms with E-state index in [0.717, 1.165) is 22.4 Å². The summed E-state index contributed by atoms with van der Waals surface area (Å²) in [6.07, 6.45) is -0.0821. The number of rotatable bonds is 7. The first kappa shape index (κ1) is 25.1. The molecule has 1 aliphatic heterocycles. The molecule has 1 atom stereocenters. The van der Waals surface area contributed by atoms with Gasteiger partial charge in [-0.3, -0.25) is 14.4 Å². The number of hydrogen-bond donors (Lipinski definition) is 0. The minimum Gasteiger partial charge on any atom is -0.325 e. The average molecular weight is 499 g/mol. The van der Waals surface area contributed by atoms with E-state index in [0.29, 0.717) is 16.3 Å². The van der Waals surface area contributed by atoms with Crippen LogP contribution in [0.15, 0.2) is 65.7 Å². The van der Waals surface area contributed by atoms with Crippen LogP contribution < -0.4 is 4.90 Å². The number of carbonyl (C=O) groups excluding carboxylic acids is 3. The maximum absolute atomic E-state index is 13.5. The minimum absolute atomic E-state index is 0.0140. The first-order valence-electron chi connectivity index (χ1n) is 11.6. The quantitative estimate of drug-likeness (QED) is 0.355. The van der Waals surface area contributed by atoms with Crippen molar-refractivity contribution < 1.29 is 14.4 Å². The van der Waals surface area contributed by atoms with Crippen molar-refractivity contribution in [3.8, 4) is 6.07 Å². The van der Waals surface area contributed by atoms with E-state index in [1.807, 2.05) is 69.3 Å². The second-order valence-electron chi connectivity index (χ2n) is 8.79. The molecule has 1 aliphatic rings. The number of benzene rings is 2. The first-order chi connectivity index (χ1) is 17.3. The van der Waals surface area contributed by atoms with Gasteiger partial charge in [-0.15, -0.1) is 0 Å². The summed E-state index contributed by atoms with van der Waals surface area (Å²) in [7, 11) is 0. The summed E-state index contributed by atoms with van der Waals surface area (Å²) in [6.45, 7) is 5.80. The summed E-state index contributed by atoms with van der Waals surface area (Å²) in [6, 6.07) is 19.6. The fourth-order valence-corrected chi connectivity index (χ4v) is 5.22. The van der Waals surface area contributed by atoms with Crippen molar-refractivity contribution in [2.75, 3.05) is 10.7 Å². The van der Waals surface area contributed by atoms with E-state index in [9.17, 15) is 19.6 Å². The lowest BCUT2D eigenvalue weighted by Gasteiger charge is -2.28. The van der Waals surface area contributed by atoms with E-state index in [4.69, 9.17) is 0 Å². The van der Waals surface area contributed by atoms with Crippen molar-refractivity contribution in [2.24, 2.45) is 0 Å². The Labute approximate surface area is 214 Å². The molecule has 0 saturated carbocycles. The van der Waals surface area contributed by atoms with Crippen LogP contribution in [0.4, 0.5) is 5.69 Å². The Hall–Kier alpha value is -3.96. The molecule has 0 radical (unpaired) electrons. The Bertz CT molecular complexity index is 1350. The summed E-state index contributed by atoms with van der Waals surface area (Å²) in [4.78, 5) is 47.0. The molecular formula is C28H26N4O3S. The molecule has 1 aromatic heterocycles. The molecule has 0 bridgehead atoms. The van der Waals surface area contributed by atoms with Gasteiger partial charge >= 0.3 is 0 Å². The lowest BCUT2D eigenvalue weighted by molar-refractivity contribution is -0.136. The number of amides is 3. The van der Waals surface area contributed by atoms with Gasteiger partial charge in [0.15, 0.2) is 0 Å². The summed E-state index contributed by atoms with van der Waals surface area (Å²) < 4.78 is 0. The fourth-order valence-electron chi connectivity index (χ4n) is 4.23. The predicted molar refractivity (Wildman–Crippen MR) is 138 cm³/mol. The van der Waals surface area contributed by atoms with Crippen LogP contribution in [0.1, 0.15) is 34.4 Å². The Morgan fingerprint density at radius 3 is 2.47 bits per heavy atom. The average Bonchev–Trinajstić information content (AvgIpc) is 3.15. The Morgan fingerprint density at radius 1 is 1.11 bits per heavy atom. The molecule has 182 valence electrons. The predicted octanol–water partition coefficient (Wildman–Crippen LogP) is 4.33. The van der Waals surface area contributed by atoms with E-state index in [-0.39, 0.29) is 30.5 Å². The maximum Gasteiger partial charge on any atom is 0.257 e. The number of aryl methyl sites for hydroxylation is 3. The van der Waals surface area contributed by atoms with Crippen LogP contribution >= 0.6 is 11.8 Å². The van der Waals surface area contributed by atoms with Crippen molar-refractivity contribution in [2.45, 2.75) is 44.8 Å². The lowest BCUT2D eigenvalue weighted by Crippen LogP contribution is -2.45. The number of nitrogens with zero attached hydrogens (tertiary/aromatic N) is 4. The minimum atomic E-state index is -0.908. The monoisotopic (exact) mass is 498 g/mol. The van der Waals surface area contributed by atoms with E-state index in [1.165, 1.54) is 21.6 Å². The summed E-state index contributed by atoms with van der Waals surface area (Å²) in [5, 5.41) is 10.0. The van der Waals surface area contributed by atoms with Crippen LogP contribution in [-0.4, -0.2) is 39.4 Å². The topological polar surface area (TPSA) is 94.4 Å². The van der Waals surface area contributed by atoms with Gasteiger partial charge in [-0.05, 0) is 50.1 Å². The van der Waals surface area contributed by atoms with E-state index >= 15 is 0 Å². The van der Waals surface area contributed by atoms with Gasteiger partial charge in [0, 0.05) is 12.2 Å². The highest BCUT2D eigenvalue weighted by Gasteiger charge is 2.44. The van der Waals surface area contributed by atoms with Gasteiger partial charge < -0.3 is 4.90 Å². The lowest BCUT2D eigenvalue weighted by atomic mass is 10.1. The molecule has 3 aromatic rings. The zero-order valence-corrected chi connectivity index (χ0v) is 21.2. The molecule has 0 N–H and O–H groups in total. The number of thioether (sulfide) groups is 1. The molecule has 0 spiro atoms. The molecule has 0 aliphatic carbocycles. The highest BCUT2D eigenvalue weighted by Crippen LogP contribution is 2.29. The van der Waals surface area contributed by atoms with Gasteiger partial charge in [0.25, 0.3) is 5.91 Å². The molecule has 3 amide bonds. The van der Waals surface area contributed by atoms with E-state index < -0.39 is 11.9 Å². The van der Waals surface area contributed by atoms with E-state index in [2.05, 4.69) is 11.1 Å². The van der Waals surface area contributed by atoms with Gasteiger partial charge in [0.1, 0.15) is 17.1 Å². The third-order valence-electron chi connectivity index (χ3n) is 6.06. The number of aromatic nitrogens is 1. The van der Waals surface area contributed by atoms with Gasteiger partial charge in [0.2, 0.25) is 11.8 Å². The number of hydrogen-bond acceptors (Lipinski definition) is 6. The SMILES string of the molecule is Cc1ccc(N2C(=O)CC(N(Cc3ccccc3)C(=O)CSc3nc(C)cc(C)c3C#N)C2=O)cc1. The Morgan fingerprint density at radius 2 is 1.81 bits per heavy atom. The van der Waals surface area contributed by atoms with Crippen molar-refractivity contribution in [3.63, 3.8) is 0 Å². The maximum atomic E-state index is 13.5. The number of pyridine rings is 1. The van der Waals surface area contributed by atoms with Crippen LogP contribution in [0.25, 0.3) is 0 Å². The summed E-state index contributed by atoms with van der Waals surface area (Å²) in [5.74, 6) is -1.07.